The normalized spacial score (nSPS) is 11.2. The van der Waals surface area contributed by atoms with Crippen LogP contribution in [0.5, 0.6) is 0 Å². The summed E-state index contributed by atoms with van der Waals surface area (Å²) in [5.41, 5.74) is 2.08. The minimum atomic E-state index is -0.955. The summed E-state index contributed by atoms with van der Waals surface area (Å²) in [6.45, 7) is 1.74. The Hall–Kier alpha value is -1.73. The average Bonchev–Trinajstić information content (AvgIpc) is 2.93. The van der Waals surface area contributed by atoms with Gasteiger partial charge >= 0.3 is 5.97 Å². The number of rotatable bonds is 2. The Bertz CT molecular complexity index is 840. The molecule has 2 aromatic heterocycles. The first-order chi connectivity index (χ1) is 9.47. The third-order valence-corrected chi connectivity index (χ3v) is 4.72. The van der Waals surface area contributed by atoms with Crippen LogP contribution in [0, 0.1) is 12.7 Å². The fourth-order valence-corrected chi connectivity index (χ4v) is 3.27. The maximum atomic E-state index is 13.2. The maximum Gasteiger partial charge on any atom is 0.347 e. The van der Waals surface area contributed by atoms with Crippen molar-refractivity contribution in [2.75, 3.05) is 0 Å². The predicted octanol–water partition coefficient (Wildman–Crippen LogP) is 3.97. The van der Waals surface area contributed by atoms with Crippen LogP contribution >= 0.6 is 27.3 Å². The standard InChI is InChI=1S/C13H8BrFN2O2S/c1-6-11(12(18)19)20-13-16-10(5-17(6)13)7-2-3-9(15)8(14)4-7/h2-5H,1H3,(H,18,19). The quantitative estimate of drug-likeness (QED) is 0.757. The van der Waals surface area contributed by atoms with Crippen molar-refractivity contribution in [3.63, 3.8) is 0 Å². The fraction of sp³-hybridized carbons (Fsp3) is 0.0769. The number of hydrogen-bond acceptors (Lipinski definition) is 3. The minimum Gasteiger partial charge on any atom is -0.477 e. The highest BCUT2D eigenvalue weighted by Gasteiger charge is 2.17. The van der Waals surface area contributed by atoms with Crippen LogP contribution in [-0.2, 0) is 0 Å². The van der Waals surface area contributed by atoms with Gasteiger partial charge in [-0.2, -0.15) is 0 Å². The number of aromatic carboxylic acids is 1. The van der Waals surface area contributed by atoms with E-state index < -0.39 is 5.97 Å². The molecule has 0 saturated carbocycles. The van der Waals surface area contributed by atoms with Gasteiger partial charge in [-0.1, -0.05) is 11.3 Å². The molecule has 0 saturated heterocycles. The molecule has 0 aliphatic rings. The molecule has 3 rings (SSSR count). The zero-order valence-corrected chi connectivity index (χ0v) is 12.6. The Morgan fingerprint density at radius 1 is 1.50 bits per heavy atom. The molecule has 0 aliphatic carbocycles. The summed E-state index contributed by atoms with van der Waals surface area (Å²) in [5, 5.41) is 9.06. The van der Waals surface area contributed by atoms with Gasteiger partial charge in [0, 0.05) is 17.5 Å². The lowest BCUT2D eigenvalue weighted by molar-refractivity contribution is 0.0701. The van der Waals surface area contributed by atoms with Gasteiger partial charge < -0.3 is 5.11 Å². The summed E-state index contributed by atoms with van der Waals surface area (Å²) in [7, 11) is 0. The van der Waals surface area contributed by atoms with Gasteiger partial charge in [0.2, 0.25) is 0 Å². The fourth-order valence-electron chi connectivity index (χ4n) is 1.94. The number of fused-ring (bicyclic) bond motifs is 1. The number of thiazole rings is 1. The summed E-state index contributed by atoms with van der Waals surface area (Å²) in [5.74, 6) is -1.29. The van der Waals surface area contributed by atoms with E-state index in [1.54, 1.807) is 29.7 Å². The molecule has 1 N–H and O–H groups in total. The van der Waals surface area contributed by atoms with Crippen LogP contribution in [0.3, 0.4) is 0 Å². The van der Waals surface area contributed by atoms with E-state index in [0.29, 0.717) is 20.8 Å². The van der Waals surface area contributed by atoms with Gasteiger partial charge in [-0.3, -0.25) is 4.40 Å². The van der Waals surface area contributed by atoms with Crippen LogP contribution in [-0.4, -0.2) is 20.5 Å². The molecule has 0 bridgehead atoms. The van der Waals surface area contributed by atoms with Gasteiger partial charge in [-0.25, -0.2) is 14.2 Å². The topological polar surface area (TPSA) is 54.6 Å². The molecule has 0 radical (unpaired) electrons. The largest absolute Gasteiger partial charge is 0.477 e. The number of aryl methyl sites for hydroxylation is 1. The number of carboxylic acids is 1. The second-order valence-corrected chi connectivity index (χ2v) is 6.06. The van der Waals surface area contributed by atoms with E-state index in [1.165, 1.54) is 6.07 Å². The third kappa shape index (κ3) is 2.03. The third-order valence-electron chi connectivity index (χ3n) is 2.97. The number of nitrogens with zero attached hydrogens (tertiary/aromatic N) is 2. The summed E-state index contributed by atoms with van der Waals surface area (Å²) in [6.07, 6.45) is 1.76. The zero-order valence-electron chi connectivity index (χ0n) is 10.2. The van der Waals surface area contributed by atoms with E-state index in [-0.39, 0.29) is 10.7 Å². The van der Waals surface area contributed by atoms with Crippen molar-refractivity contribution in [3.8, 4) is 11.3 Å². The molecule has 0 fully saturated rings. The van der Waals surface area contributed by atoms with Crippen molar-refractivity contribution in [2.45, 2.75) is 6.92 Å². The SMILES string of the molecule is Cc1c(C(=O)O)sc2nc(-c3ccc(F)c(Br)c3)cn12. The van der Waals surface area contributed by atoms with E-state index in [2.05, 4.69) is 20.9 Å². The van der Waals surface area contributed by atoms with Gasteiger partial charge in [0.1, 0.15) is 10.7 Å². The molecule has 1 aromatic carbocycles. The molecule has 102 valence electrons. The lowest BCUT2D eigenvalue weighted by atomic mass is 10.2. The summed E-state index contributed by atoms with van der Waals surface area (Å²) in [4.78, 5) is 16.3. The summed E-state index contributed by atoms with van der Waals surface area (Å²) < 4.78 is 15.3. The number of hydrogen-bond donors (Lipinski definition) is 1. The van der Waals surface area contributed by atoms with Crippen molar-refractivity contribution in [3.05, 3.63) is 45.3 Å². The minimum absolute atomic E-state index is 0.277. The van der Waals surface area contributed by atoms with Crippen LogP contribution in [0.1, 0.15) is 15.4 Å². The highest BCUT2D eigenvalue weighted by atomic mass is 79.9. The molecule has 0 amide bonds. The number of halogens is 2. The van der Waals surface area contributed by atoms with Gasteiger partial charge in [0.25, 0.3) is 0 Å². The second kappa shape index (κ2) is 4.68. The Balaban J connectivity index is 2.14. The highest BCUT2D eigenvalue weighted by Crippen LogP contribution is 2.29. The Labute approximate surface area is 125 Å². The number of benzene rings is 1. The number of imidazole rings is 1. The molecule has 3 aromatic rings. The molecule has 0 unspecified atom stereocenters. The highest BCUT2D eigenvalue weighted by molar-refractivity contribution is 9.10. The lowest BCUT2D eigenvalue weighted by Gasteiger charge is -1.98. The molecule has 2 heterocycles. The van der Waals surface area contributed by atoms with Gasteiger partial charge in [0.05, 0.1) is 10.2 Å². The molecular weight excluding hydrogens is 347 g/mol. The van der Waals surface area contributed by atoms with Crippen molar-refractivity contribution in [1.29, 1.82) is 0 Å². The Morgan fingerprint density at radius 2 is 2.25 bits per heavy atom. The van der Waals surface area contributed by atoms with Crippen LogP contribution in [0.15, 0.2) is 28.9 Å². The lowest BCUT2D eigenvalue weighted by Crippen LogP contribution is -1.96. The first kappa shape index (κ1) is 13.3. The van der Waals surface area contributed by atoms with Gasteiger partial charge in [-0.15, -0.1) is 0 Å². The Kier molecular flexibility index (Phi) is 3.10. The van der Waals surface area contributed by atoms with Crippen LogP contribution in [0.25, 0.3) is 16.2 Å². The van der Waals surface area contributed by atoms with E-state index in [9.17, 15) is 9.18 Å². The number of carbonyl (C=O) groups is 1. The second-order valence-electron chi connectivity index (χ2n) is 4.23. The van der Waals surface area contributed by atoms with Gasteiger partial charge in [-0.05, 0) is 41.1 Å². The molecule has 0 aliphatic heterocycles. The molecular formula is C13H8BrFN2O2S. The first-order valence-electron chi connectivity index (χ1n) is 5.64. The average molecular weight is 355 g/mol. The predicted molar refractivity (Wildman–Crippen MR) is 77.9 cm³/mol. The van der Waals surface area contributed by atoms with E-state index in [4.69, 9.17) is 5.11 Å². The zero-order chi connectivity index (χ0) is 14.4. The maximum absolute atomic E-state index is 13.2. The smallest absolute Gasteiger partial charge is 0.347 e. The van der Waals surface area contributed by atoms with Crippen LogP contribution in [0.2, 0.25) is 0 Å². The van der Waals surface area contributed by atoms with Crippen molar-refractivity contribution >= 4 is 38.2 Å². The molecule has 4 nitrogen and oxygen atoms in total. The monoisotopic (exact) mass is 354 g/mol. The molecule has 20 heavy (non-hydrogen) atoms. The molecule has 7 heteroatoms. The van der Waals surface area contributed by atoms with E-state index in [0.717, 1.165) is 16.9 Å². The first-order valence-corrected chi connectivity index (χ1v) is 7.25. The number of carboxylic acid groups (broad SMARTS) is 1. The van der Waals surface area contributed by atoms with Crippen LogP contribution in [0.4, 0.5) is 4.39 Å². The number of aromatic nitrogens is 2. The Morgan fingerprint density at radius 3 is 2.85 bits per heavy atom. The van der Waals surface area contributed by atoms with Crippen molar-refractivity contribution < 1.29 is 14.3 Å². The summed E-state index contributed by atoms with van der Waals surface area (Å²) >= 11 is 4.26. The van der Waals surface area contributed by atoms with Crippen LogP contribution < -0.4 is 0 Å². The summed E-state index contributed by atoms with van der Waals surface area (Å²) in [6, 6.07) is 4.65. The molecule has 0 atom stereocenters. The van der Waals surface area contributed by atoms with E-state index >= 15 is 0 Å². The van der Waals surface area contributed by atoms with E-state index in [1.807, 2.05) is 0 Å². The van der Waals surface area contributed by atoms with Crippen molar-refractivity contribution in [2.24, 2.45) is 0 Å². The molecule has 0 spiro atoms. The van der Waals surface area contributed by atoms with Crippen molar-refractivity contribution in [1.82, 2.24) is 9.38 Å². The van der Waals surface area contributed by atoms with Gasteiger partial charge in [0.15, 0.2) is 4.96 Å².